The molecule has 2 N–H and O–H groups in total. The van der Waals surface area contributed by atoms with Crippen LogP contribution in [0.5, 0.6) is 5.88 Å². The Bertz CT molecular complexity index is 197. The van der Waals surface area contributed by atoms with Crippen LogP contribution in [0, 0.1) is 0 Å². The molecule has 0 bridgehead atoms. The third kappa shape index (κ3) is 1.82. The van der Waals surface area contributed by atoms with Crippen LogP contribution in [0.15, 0.2) is 12.3 Å². The second kappa shape index (κ2) is 2.60. The molecule has 1 rings (SSSR count). The Morgan fingerprint density at radius 3 is 3.11 bits per heavy atom. The van der Waals surface area contributed by atoms with Crippen molar-refractivity contribution in [2.24, 2.45) is 0 Å². The largest absolute Gasteiger partial charge is 0.360 e. The quantitative estimate of drug-likeness (QED) is 0.575. The lowest BCUT2D eigenvalue weighted by molar-refractivity contribution is 0.449. The SMILES string of the molecule is O=S(O)Oc1ccn[nH]1. The summed E-state index contributed by atoms with van der Waals surface area (Å²) in [6.07, 6.45) is 1.42. The summed E-state index contributed by atoms with van der Waals surface area (Å²) in [5.41, 5.74) is 0. The van der Waals surface area contributed by atoms with Crippen molar-refractivity contribution in [2.45, 2.75) is 0 Å². The van der Waals surface area contributed by atoms with Crippen molar-refractivity contribution >= 4 is 11.4 Å². The van der Waals surface area contributed by atoms with Gasteiger partial charge in [-0.2, -0.15) is 9.31 Å². The van der Waals surface area contributed by atoms with Crippen LogP contribution in [-0.4, -0.2) is 19.0 Å². The van der Waals surface area contributed by atoms with E-state index in [0.29, 0.717) is 0 Å². The average Bonchev–Trinajstić information content (AvgIpc) is 2.15. The molecule has 0 aliphatic rings. The lowest BCUT2D eigenvalue weighted by Gasteiger charge is -1.90. The Balaban J connectivity index is 2.58. The predicted molar refractivity (Wildman–Crippen MR) is 30.0 cm³/mol. The fourth-order valence-corrected chi connectivity index (χ4v) is 0.613. The van der Waals surface area contributed by atoms with E-state index in [9.17, 15) is 4.21 Å². The summed E-state index contributed by atoms with van der Waals surface area (Å²) in [6.45, 7) is 0. The molecule has 0 aliphatic heterocycles. The van der Waals surface area contributed by atoms with Crippen LogP contribution in [0.2, 0.25) is 0 Å². The van der Waals surface area contributed by atoms with Crippen molar-refractivity contribution in [2.75, 3.05) is 0 Å². The molecule has 0 aliphatic carbocycles. The zero-order valence-electron chi connectivity index (χ0n) is 4.27. The van der Waals surface area contributed by atoms with Crippen molar-refractivity contribution in [3.63, 3.8) is 0 Å². The minimum atomic E-state index is -2.27. The Hall–Kier alpha value is -0.880. The first kappa shape index (κ1) is 6.24. The monoisotopic (exact) mass is 148 g/mol. The molecule has 5 nitrogen and oxygen atoms in total. The van der Waals surface area contributed by atoms with E-state index in [1.54, 1.807) is 0 Å². The van der Waals surface area contributed by atoms with Gasteiger partial charge < -0.3 is 4.18 Å². The van der Waals surface area contributed by atoms with Crippen LogP contribution in [0.25, 0.3) is 0 Å². The number of H-pyrrole nitrogens is 1. The van der Waals surface area contributed by atoms with Crippen LogP contribution >= 0.6 is 0 Å². The Morgan fingerprint density at radius 2 is 2.67 bits per heavy atom. The molecule has 0 saturated heterocycles. The number of aromatic nitrogens is 2. The van der Waals surface area contributed by atoms with Crippen LogP contribution in [0.1, 0.15) is 0 Å². The van der Waals surface area contributed by atoms with Gasteiger partial charge in [-0.15, -0.1) is 0 Å². The normalized spacial score (nSPS) is 13.0. The molecule has 1 aromatic heterocycles. The number of aromatic amines is 1. The van der Waals surface area contributed by atoms with Crippen LogP contribution in [-0.2, 0) is 11.4 Å². The number of hydrogen-bond donors (Lipinski definition) is 2. The van der Waals surface area contributed by atoms with Crippen molar-refractivity contribution < 1.29 is 12.9 Å². The molecule has 0 radical (unpaired) electrons. The van der Waals surface area contributed by atoms with Crippen molar-refractivity contribution in [3.8, 4) is 5.88 Å². The number of nitrogens with one attached hydrogen (secondary N) is 1. The van der Waals surface area contributed by atoms with Gasteiger partial charge in [0.1, 0.15) is 0 Å². The highest BCUT2D eigenvalue weighted by molar-refractivity contribution is 7.74. The van der Waals surface area contributed by atoms with E-state index in [1.165, 1.54) is 12.3 Å². The smallest absolute Gasteiger partial charge is 0.359 e. The minimum Gasteiger partial charge on any atom is -0.360 e. The molecule has 1 heterocycles. The van der Waals surface area contributed by atoms with Crippen molar-refractivity contribution in [3.05, 3.63) is 12.3 Å². The third-order valence-corrected chi connectivity index (χ3v) is 0.958. The van der Waals surface area contributed by atoms with Gasteiger partial charge in [0.05, 0.1) is 6.20 Å². The van der Waals surface area contributed by atoms with E-state index >= 15 is 0 Å². The molecular formula is C3H4N2O3S. The molecule has 0 amide bonds. The Morgan fingerprint density at radius 1 is 1.89 bits per heavy atom. The average molecular weight is 148 g/mol. The van der Waals surface area contributed by atoms with Crippen molar-refractivity contribution in [1.82, 2.24) is 10.2 Å². The molecule has 1 atom stereocenters. The van der Waals surface area contributed by atoms with Gasteiger partial charge in [0.2, 0.25) is 5.88 Å². The lowest BCUT2D eigenvalue weighted by atomic mass is 10.7. The summed E-state index contributed by atoms with van der Waals surface area (Å²) in [5, 5.41) is 5.82. The topological polar surface area (TPSA) is 75.2 Å². The third-order valence-electron chi connectivity index (χ3n) is 0.636. The van der Waals surface area contributed by atoms with Gasteiger partial charge in [0.25, 0.3) is 0 Å². The van der Waals surface area contributed by atoms with Crippen LogP contribution in [0.4, 0.5) is 0 Å². The summed E-state index contributed by atoms with van der Waals surface area (Å²) in [4.78, 5) is 0. The maximum Gasteiger partial charge on any atom is 0.359 e. The van der Waals surface area contributed by atoms with Gasteiger partial charge in [-0.3, -0.25) is 4.55 Å². The Kier molecular flexibility index (Phi) is 1.81. The lowest BCUT2D eigenvalue weighted by Crippen LogP contribution is -1.96. The second-order valence-electron chi connectivity index (χ2n) is 1.22. The van der Waals surface area contributed by atoms with Gasteiger partial charge in [-0.25, -0.2) is 5.10 Å². The first-order valence-corrected chi connectivity index (χ1v) is 3.11. The molecule has 50 valence electrons. The van der Waals surface area contributed by atoms with E-state index in [4.69, 9.17) is 4.55 Å². The number of nitrogens with zero attached hydrogens (tertiary/aromatic N) is 1. The predicted octanol–water partition coefficient (Wildman–Crippen LogP) is -0.0748. The Labute approximate surface area is 53.5 Å². The summed E-state index contributed by atoms with van der Waals surface area (Å²) < 4.78 is 22.3. The molecule has 6 heteroatoms. The summed E-state index contributed by atoms with van der Waals surface area (Å²) in [6, 6.07) is 1.44. The molecule has 0 spiro atoms. The molecule has 0 fully saturated rings. The van der Waals surface area contributed by atoms with E-state index in [-0.39, 0.29) is 5.88 Å². The van der Waals surface area contributed by atoms with Gasteiger partial charge in [0, 0.05) is 6.07 Å². The highest BCUT2D eigenvalue weighted by Gasteiger charge is 1.95. The fraction of sp³-hybridized carbons (Fsp3) is 0. The molecule has 1 unspecified atom stereocenters. The summed E-state index contributed by atoms with van der Waals surface area (Å²) in [5.74, 6) is 0.177. The molecule has 0 saturated carbocycles. The summed E-state index contributed by atoms with van der Waals surface area (Å²) in [7, 11) is 0. The zero-order chi connectivity index (χ0) is 6.69. The van der Waals surface area contributed by atoms with E-state index < -0.39 is 11.4 Å². The van der Waals surface area contributed by atoms with E-state index in [1.807, 2.05) is 0 Å². The standard InChI is InChI=1S/C3H4N2O3S/c6-9(7)8-3-1-2-4-5-3/h1-2H,(H,4,5)(H,6,7). The highest BCUT2D eigenvalue weighted by atomic mass is 32.2. The summed E-state index contributed by atoms with van der Waals surface area (Å²) >= 11 is -2.27. The van der Waals surface area contributed by atoms with E-state index in [0.717, 1.165) is 0 Å². The minimum absolute atomic E-state index is 0.177. The molecule has 0 aromatic carbocycles. The van der Waals surface area contributed by atoms with Gasteiger partial charge in [-0.05, 0) is 0 Å². The fourth-order valence-electron chi connectivity index (χ4n) is 0.366. The van der Waals surface area contributed by atoms with Gasteiger partial charge in [-0.1, -0.05) is 0 Å². The maximum atomic E-state index is 9.91. The van der Waals surface area contributed by atoms with Gasteiger partial charge >= 0.3 is 11.4 Å². The van der Waals surface area contributed by atoms with E-state index in [2.05, 4.69) is 14.4 Å². The number of hydrogen-bond acceptors (Lipinski definition) is 3. The molecular weight excluding hydrogens is 144 g/mol. The zero-order valence-corrected chi connectivity index (χ0v) is 5.09. The second-order valence-corrected chi connectivity index (χ2v) is 1.82. The maximum absolute atomic E-state index is 9.91. The molecule has 9 heavy (non-hydrogen) atoms. The van der Waals surface area contributed by atoms with Gasteiger partial charge in [0.15, 0.2) is 0 Å². The number of rotatable bonds is 2. The highest BCUT2D eigenvalue weighted by Crippen LogP contribution is 2.01. The first-order valence-electron chi connectivity index (χ1n) is 2.07. The van der Waals surface area contributed by atoms with Crippen LogP contribution < -0.4 is 4.18 Å². The molecule has 1 aromatic rings. The first-order chi connectivity index (χ1) is 4.29. The van der Waals surface area contributed by atoms with Crippen LogP contribution in [0.3, 0.4) is 0 Å². The van der Waals surface area contributed by atoms with Crippen molar-refractivity contribution in [1.29, 1.82) is 0 Å².